The third kappa shape index (κ3) is 4.01. The van der Waals surface area contributed by atoms with Crippen LogP contribution in [0.1, 0.15) is 15.9 Å². The number of amides is 1. The van der Waals surface area contributed by atoms with Crippen molar-refractivity contribution in [3.8, 4) is 0 Å². The summed E-state index contributed by atoms with van der Waals surface area (Å²) in [6, 6.07) is 17.3. The second-order valence-electron chi connectivity index (χ2n) is 5.65. The molecule has 3 aromatic rings. The van der Waals surface area contributed by atoms with Crippen LogP contribution in [0.4, 0.5) is 10.1 Å². The number of esters is 1. The van der Waals surface area contributed by atoms with E-state index in [1.807, 2.05) is 36.4 Å². The van der Waals surface area contributed by atoms with Crippen molar-refractivity contribution in [2.75, 3.05) is 11.9 Å². The normalized spacial score (nSPS) is 10.5. The molecule has 0 spiro atoms. The number of anilines is 1. The van der Waals surface area contributed by atoms with Gasteiger partial charge in [0.05, 0.1) is 5.56 Å². The van der Waals surface area contributed by atoms with Crippen LogP contribution in [0.2, 0.25) is 0 Å². The Balaban J connectivity index is 1.59. The summed E-state index contributed by atoms with van der Waals surface area (Å²) in [6.45, 7) is 1.16. The first-order valence-electron chi connectivity index (χ1n) is 7.75. The predicted octanol–water partition coefficient (Wildman–Crippen LogP) is 4.08. The lowest BCUT2D eigenvalue weighted by Crippen LogP contribution is -2.21. The third-order valence-corrected chi connectivity index (χ3v) is 3.78. The Morgan fingerprint density at radius 2 is 1.76 bits per heavy atom. The van der Waals surface area contributed by atoms with E-state index >= 15 is 0 Å². The number of benzene rings is 3. The number of hydrogen-bond acceptors (Lipinski definition) is 3. The Bertz CT molecular complexity index is 953. The van der Waals surface area contributed by atoms with Gasteiger partial charge in [-0.3, -0.25) is 4.79 Å². The molecule has 0 atom stereocenters. The van der Waals surface area contributed by atoms with Crippen LogP contribution in [0.25, 0.3) is 10.8 Å². The van der Waals surface area contributed by atoms with Gasteiger partial charge in [0, 0.05) is 5.69 Å². The molecule has 5 heteroatoms. The van der Waals surface area contributed by atoms with E-state index in [1.54, 1.807) is 13.0 Å². The molecule has 0 aliphatic heterocycles. The molecule has 0 unspecified atom stereocenters. The smallest absolute Gasteiger partial charge is 0.338 e. The molecule has 0 heterocycles. The van der Waals surface area contributed by atoms with Crippen LogP contribution in [0, 0.1) is 12.7 Å². The highest BCUT2D eigenvalue weighted by atomic mass is 19.1. The first kappa shape index (κ1) is 16.6. The Morgan fingerprint density at radius 3 is 2.52 bits per heavy atom. The molecule has 1 amide bonds. The fourth-order valence-corrected chi connectivity index (χ4v) is 2.40. The third-order valence-electron chi connectivity index (χ3n) is 3.78. The van der Waals surface area contributed by atoms with Gasteiger partial charge in [-0.2, -0.15) is 0 Å². The van der Waals surface area contributed by atoms with Crippen molar-refractivity contribution in [1.29, 1.82) is 0 Å². The van der Waals surface area contributed by atoms with Crippen LogP contribution >= 0.6 is 0 Å². The molecule has 1 N–H and O–H groups in total. The highest BCUT2D eigenvalue weighted by Crippen LogP contribution is 2.18. The molecule has 0 aliphatic carbocycles. The van der Waals surface area contributed by atoms with Crippen molar-refractivity contribution in [3.63, 3.8) is 0 Å². The summed E-state index contributed by atoms with van der Waals surface area (Å²) in [5.41, 5.74) is 1.12. The SMILES string of the molecule is Cc1ccc(C(=O)OCC(=O)Nc2ccc3ccccc3c2)cc1F. The van der Waals surface area contributed by atoms with Crippen LogP contribution in [0.5, 0.6) is 0 Å². The van der Waals surface area contributed by atoms with Crippen molar-refractivity contribution < 1.29 is 18.7 Å². The highest BCUT2D eigenvalue weighted by Gasteiger charge is 2.12. The molecule has 25 heavy (non-hydrogen) atoms. The van der Waals surface area contributed by atoms with Crippen LogP contribution in [0.3, 0.4) is 0 Å². The van der Waals surface area contributed by atoms with Crippen LogP contribution < -0.4 is 5.32 Å². The van der Waals surface area contributed by atoms with Gasteiger partial charge in [-0.15, -0.1) is 0 Å². The number of nitrogens with one attached hydrogen (secondary N) is 1. The maximum absolute atomic E-state index is 13.5. The summed E-state index contributed by atoms with van der Waals surface area (Å²) >= 11 is 0. The van der Waals surface area contributed by atoms with Gasteiger partial charge in [-0.25, -0.2) is 9.18 Å². The van der Waals surface area contributed by atoms with Gasteiger partial charge in [0.25, 0.3) is 5.91 Å². The minimum absolute atomic E-state index is 0.0709. The van der Waals surface area contributed by atoms with Gasteiger partial charge in [-0.1, -0.05) is 36.4 Å². The molecule has 0 aliphatic rings. The number of aryl methyl sites for hydroxylation is 1. The van der Waals surface area contributed by atoms with Crippen molar-refractivity contribution in [2.45, 2.75) is 6.92 Å². The minimum atomic E-state index is -0.743. The zero-order valence-electron chi connectivity index (χ0n) is 13.6. The fourth-order valence-electron chi connectivity index (χ4n) is 2.40. The summed E-state index contributed by atoms with van der Waals surface area (Å²) in [6.07, 6.45) is 0. The molecule has 3 aromatic carbocycles. The molecule has 0 saturated heterocycles. The first-order chi connectivity index (χ1) is 12.0. The van der Waals surface area contributed by atoms with Crippen LogP contribution in [-0.2, 0) is 9.53 Å². The molecule has 0 fully saturated rings. The second-order valence-corrected chi connectivity index (χ2v) is 5.65. The van der Waals surface area contributed by atoms with Crippen molar-refractivity contribution in [1.82, 2.24) is 0 Å². The molecule has 0 bridgehead atoms. The lowest BCUT2D eigenvalue weighted by molar-refractivity contribution is -0.119. The van der Waals surface area contributed by atoms with Gasteiger partial charge in [0.15, 0.2) is 6.61 Å². The maximum Gasteiger partial charge on any atom is 0.338 e. The van der Waals surface area contributed by atoms with E-state index in [9.17, 15) is 14.0 Å². The van der Waals surface area contributed by atoms with E-state index in [4.69, 9.17) is 4.74 Å². The molecular formula is C20H16FNO3. The van der Waals surface area contributed by atoms with Crippen molar-refractivity contribution in [2.24, 2.45) is 0 Å². The largest absolute Gasteiger partial charge is 0.452 e. The number of ether oxygens (including phenoxy) is 1. The predicted molar refractivity (Wildman–Crippen MR) is 94.0 cm³/mol. The summed E-state index contributed by atoms with van der Waals surface area (Å²) in [7, 11) is 0. The highest BCUT2D eigenvalue weighted by molar-refractivity contribution is 5.97. The van der Waals surface area contributed by atoms with Gasteiger partial charge < -0.3 is 10.1 Å². The van der Waals surface area contributed by atoms with Crippen LogP contribution in [0.15, 0.2) is 60.7 Å². The van der Waals surface area contributed by atoms with Crippen LogP contribution in [-0.4, -0.2) is 18.5 Å². The van der Waals surface area contributed by atoms with E-state index in [2.05, 4.69) is 5.32 Å². The van der Waals surface area contributed by atoms with E-state index in [1.165, 1.54) is 12.1 Å². The van der Waals surface area contributed by atoms with E-state index in [-0.39, 0.29) is 5.56 Å². The van der Waals surface area contributed by atoms with Crippen molar-refractivity contribution >= 4 is 28.3 Å². The van der Waals surface area contributed by atoms with Crippen molar-refractivity contribution in [3.05, 3.63) is 77.6 Å². The molecule has 0 aromatic heterocycles. The minimum Gasteiger partial charge on any atom is -0.452 e. The second kappa shape index (κ2) is 7.13. The average Bonchev–Trinajstić information content (AvgIpc) is 2.62. The summed E-state index contributed by atoms with van der Waals surface area (Å²) in [5.74, 6) is -1.70. The Hall–Kier alpha value is -3.21. The lowest BCUT2D eigenvalue weighted by atomic mass is 10.1. The summed E-state index contributed by atoms with van der Waals surface area (Å²) < 4.78 is 18.4. The zero-order chi connectivity index (χ0) is 17.8. The van der Waals surface area contributed by atoms with Gasteiger partial charge in [0.1, 0.15) is 5.82 Å². The van der Waals surface area contributed by atoms with Gasteiger partial charge in [-0.05, 0) is 47.5 Å². The number of halogens is 1. The maximum atomic E-state index is 13.5. The average molecular weight is 337 g/mol. The molecule has 0 radical (unpaired) electrons. The number of carbonyl (C=O) groups is 2. The first-order valence-corrected chi connectivity index (χ1v) is 7.75. The zero-order valence-corrected chi connectivity index (χ0v) is 13.6. The Morgan fingerprint density at radius 1 is 1.00 bits per heavy atom. The molecule has 126 valence electrons. The molecule has 0 saturated carbocycles. The fraction of sp³-hybridized carbons (Fsp3) is 0.100. The standard InChI is InChI=1S/C20H16FNO3/c1-13-6-7-16(11-18(13)21)20(24)25-12-19(23)22-17-9-8-14-4-2-3-5-15(14)10-17/h2-11H,12H2,1H3,(H,22,23). The monoisotopic (exact) mass is 337 g/mol. The van der Waals surface area contributed by atoms with Gasteiger partial charge in [0.2, 0.25) is 0 Å². The summed E-state index contributed by atoms with van der Waals surface area (Å²) in [4.78, 5) is 23.8. The van der Waals surface area contributed by atoms with E-state index < -0.39 is 24.3 Å². The molecular weight excluding hydrogens is 321 g/mol. The number of rotatable bonds is 4. The van der Waals surface area contributed by atoms with E-state index in [0.29, 0.717) is 11.3 Å². The van der Waals surface area contributed by atoms with Gasteiger partial charge >= 0.3 is 5.97 Å². The summed E-state index contributed by atoms with van der Waals surface area (Å²) in [5, 5.41) is 4.73. The topological polar surface area (TPSA) is 55.4 Å². The number of hydrogen-bond donors (Lipinski definition) is 1. The number of carbonyl (C=O) groups excluding carboxylic acids is 2. The molecule has 3 rings (SSSR count). The Labute approximate surface area is 144 Å². The molecule has 4 nitrogen and oxygen atoms in total. The quantitative estimate of drug-likeness (QED) is 0.730. The lowest BCUT2D eigenvalue weighted by Gasteiger charge is -2.08. The Kier molecular flexibility index (Phi) is 4.75. The van der Waals surface area contributed by atoms with E-state index in [0.717, 1.165) is 16.8 Å². The number of fused-ring (bicyclic) bond motifs is 1.